The Morgan fingerprint density at radius 1 is 1.59 bits per heavy atom. The second kappa shape index (κ2) is 4.42. The molecule has 17 heavy (non-hydrogen) atoms. The van der Waals surface area contributed by atoms with Gasteiger partial charge in [-0.1, -0.05) is 6.92 Å². The number of thiophene rings is 1. The SMILES string of the molecule is CC1CCNC1C(=O)N1CCc2sccc2C1. The van der Waals surface area contributed by atoms with E-state index in [4.69, 9.17) is 0 Å². The number of amides is 1. The van der Waals surface area contributed by atoms with E-state index in [0.29, 0.717) is 11.8 Å². The fourth-order valence-electron chi connectivity index (χ4n) is 2.80. The van der Waals surface area contributed by atoms with Crippen molar-refractivity contribution in [1.82, 2.24) is 10.2 Å². The van der Waals surface area contributed by atoms with Gasteiger partial charge in [-0.15, -0.1) is 11.3 Å². The molecule has 0 saturated carbocycles. The number of fused-ring (bicyclic) bond motifs is 1. The van der Waals surface area contributed by atoms with Crippen molar-refractivity contribution in [2.45, 2.75) is 32.4 Å². The van der Waals surface area contributed by atoms with Crippen LogP contribution in [0.5, 0.6) is 0 Å². The van der Waals surface area contributed by atoms with Gasteiger partial charge in [0.15, 0.2) is 0 Å². The van der Waals surface area contributed by atoms with E-state index in [1.807, 2.05) is 16.2 Å². The van der Waals surface area contributed by atoms with Crippen LogP contribution < -0.4 is 5.32 Å². The third-order valence-corrected chi connectivity index (χ3v) is 4.94. The fourth-order valence-corrected chi connectivity index (χ4v) is 3.69. The summed E-state index contributed by atoms with van der Waals surface area (Å²) in [5.74, 6) is 0.776. The number of nitrogens with one attached hydrogen (secondary N) is 1. The van der Waals surface area contributed by atoms with Gasteiger partial charge < -0.3 is 10.2 Å². The van der Waals surface area contributed by atoms with Gasteiger partial charge in [-0.25, -0.2) is 0 Å². The normalized spacial score (nSPS) is 28.2. The Kier molecular flexibility index (Phi) is 2.92. The van der Waals surface area contributed by atoms with Crippen molar-refractivity contribution in [1.29, 1.82) is 0 Å². The third kappa shape index (κ3) is 2.00. The Labute approximate surface area is 106 Å². The Morgan fingerprint density at radius 2 is 2.47 bits per heavy atom. The van der Waals surface area contributed by atoms with Gasteiger partial charge in [0, 0.05) is 18.0 Å². The summed E-state index contributed by atoms with van der Waals surface area (Å²) in [6.07, 6.45) is 2.15. The number of hydrogen-bond acceptors (Lipinski definition) is 3. The van der Waals surface area contributed by atoms with Crippen molar-refractivity contribution in [2.75, 3.05) is 13.1 Å². The van der Waals surface area contributed by atoms with Gasteiger partial charge in [0.2, 0.25) is 5.91 Å². The Balaban J connectivity index is 1.72. The lowest BCUT2D eigenvalue weighted by Gasteiger charge is -2.30. The molecule has 1 saturated heterocycles. The van der Waals surface area contributed by atoms with Gasteiger partial charge in [0.25, 0.3) is 0 Å². The number of carbonyl (C=O) groups is 1. The predicted molar refractivity (Wildman–Crippen MR) is 69.0 cm³/mol. The highest BCUT2D eigenvalue weighted by molar-refractivity contribution is 7.10. The van der Waals surface area contributed by atoms with Crippen molar-refractivity contribution in [3.05, 3.63) is 21.9 Å². The molecule has 3 rings (SSSR count). The third-order valence-electron chi connectivity index (χ3n) is 3.92. The first-order valence-corrected chi connectivity index (χ1v) is 7.21. The van der Waals surface area contributed by atoms with Crippen molar-refractivity contribution >= 4 is 17.2 Å². The maximum absolute atomic E-state index is 12.4. The fraction of sp³-hybridized carbons (Fsp3) is 0.615. The Hall–Kier alpha value is -0.870. The van der Waals surface area contributed by atoms with Crippen molar-refractivity contribution in [3.63, 3.8) is 0 Å². The highest BCUT2D eigenvalue weighted by Crippen LogP contribution is 2.26. The molecule has 1 aromatic heterocycles. The average Bonchev–Trinajstić information content (AvgIpc) is 2.95. The molecule has 1 aromatic rings. The van der Waals surface area contributed by atoms with Gasteiger partial charge >= 0.3 is 0 Å². The first-order valence-electron chi connectivity index (χ1n) is 6.33. The van der Waals surface area contributed by atoms with Gasteiger partial charge in [-0.05, 0) is 42.3 Å². The van der Waals surface area contributed by atoms with E-state index >= 15 is 0 Å². The minimum atomic E-state index is 0.0511. The summed E-state index contributed by atoms with van der Waals surface area (Å²) in [5, 5.41) is 5.47. The quantitative estimate of drug-likeness (QED) is 0.821. The highest BCUT2D eigenvalue weighted by Gasteiger charge is 2.33. The smallest absolute Gasteiger partial charge is 0.240 e. The maximum atomic E-state index is 12.4. The van der Waals surface area contributed by atoms with Crippen molar-refractivity contribution in [3.8, 4) is 0 Å². The van der Waals surface area contributed by atoms with E-state index in [2.05, 4.69) is 23.7 Å². The van der Waals surface area contributed by atoms with Crippen LogP contribution in [0.25, 0.3) is 0 Å². The Bertz CT molecular complexity index is 429. The minimum Gasteiger partial charge on any atom is -0.337 e. The van der Waals surface area contributed by atoms with Crippen molar-refractivity contribution in [2.24, 2.45) is 5.92 Å². The van der Waals surface area contributed by atoms with E-state index < -0.39 is 0 Å². The number of hydrogen-bond donors (Lipinski definition) is 1. The molecule has 92 valence electrons. The lowest BCUT2D eigenvalue weighted by molar-refractivity contribution is -0.134. The summed E-state index contributed by atoms with van der Waals surface area (Å²) < 4.78 is 0. The second-order valence-electron chi connectivity index (χ2n) is 5.08. The molecule has 2 aliphatic heterocycles. The van der Waals surface area contributed by atoms with Gasteiger partial charge in [-0.2, -0.15) is 0 Å². The molecular weight excluding hydrogens is 232 g/mol. The second-order valence-corrected chi connectivity index (χ2v) is 6.08. The molecule has 1 N–H and O–H groups in total. The molecule has 0 bridgehead atoms. The molecule has 0 radical (unpaired) electrons. The molecule has 1 fully saturated rings. The molecule has 0 aliphatic carbocycles. The first kappa shape index (κ1) is 11.2. The maximum Gasteiger partial charge on any atom is 0.240 e. The molecule has 3 nitrogen and oxygen atoms in total. The van der Waals surface area contributed by atoms with Crippen LogP contribution in [-0.4, -0.2) is 29.9 Å². The molecule has 1 amide bonds. The molecule has 4 heteroatoms. The van der Waals surface area contributed by atoms with Crippen LogP contribution in [-0.2, 0) is 17.8 Å². The van der Waals surface area contributed by atoms with Crippen LogP contribution in [0.3, 0.4) is 0 Å². The molecule has 2 aliphatic rings. The number of carbonyl (C=O) groups excluding carboxylic acids is 1. The van der Waals surface area contributed by atoms with Gasteiger partial charge in [0.05, 0.1) is 6.04 Å². The molecule has 0 spiro atoms. The van der Waals surface area contributed by atoms with E-state index in [1.54, 1.807) is 0 Å². The van der Waals surface area contributed by atoms with Crippen LogP contribution >= 0.6 is 11.3 Å². The number of rotatable bonds is 1. The predicted octanol–water partition coefficient (Wildman–Crippen LogP) is 1.63. The lowest BCUT2D eigenvalue weighted by Crippen LogP contribution is -2.47. The zero-order valence-corrected chi connectivity index (χ0v) is 10.9. The van der Waals surface area contributed by atoms with Crippen LogP contribution in [0.1, 0.15) is 23.8 Å². The van der Waals surface area contributed by atoms with Gasteiger partial charge in [-0.3, -0.25) is 4.79 Å². The molecule has 2 atom stereocenters. The summed E-state index contributed by atoms with van der Waals surface area (Å²) in [6.45, 7) is 4.84. The molecule has 3 heterocycles. The van der Waals surface area contributed by atoms with Crippen molar-refractivity contribution < 1.29 is 4.79 Å². The lowest BCUT2D eigenvalue weighted by atomic mass is 10.0. The first-order chi connectivity index (χ1) is 8.25. The molecule has 2 unspecified atom stereocenters. The van der Waals surface area contributed by atoms with E-state index in [1.165, 1.54) is 10.4 Å². The largest absolute Gasteiger partial charge is 0.337 e. The summed E-state index contributed by atoms with van der Waals surface area (Å²) >= 11 is 1.82. The summed E-state index contributed by atoms with van der Waals surface area (Å²) in [6, 6.07) is 2.21. The monoisotopic (exact) mass is 250 g/mol. The zero-order chi connectivity index (χ0) is 11.8. The minimum absolute atomic E-state index is 0.0511. The molecular formula is C13H18N2OS. The number of nitrogens with zero attached hydrogens (tertiary/aromatic N) is 1. The van der Waals surface area contributed by atoms with Gasteiger partial charge in [0.1, 0.15) is 0 Å². The highest BCUT2D eigenvalue weighted by atomic mass is 32.1. The molecule has 0 aromatic carbocycles. The van der Waals surface area contributed by atoms with Crippen LogP contribution in [0.4, 0.5) is 0 Å². The van der Waals surface area contributed by atoms with Crippen LogP contribution in [0, 0.1) is 5.92 Å². The summed E-state index contributed by atoms with van der Waals surface area (Å²) in [4.78, 5) is 15.9. The standard InChI is InChI=1S/C13H18N2OS/c1-9-2-5-14-12(9)13(16)15-6-3-11-10(8-15)4-7-17-11/h4,7,9,12,14H,2-3,5-6,8H2,1H3. The van der Waals surface area contributed by atoms with Crippen LogP contribution in [0.2, 0.25) is 0 Å². The van der Waals surface area contributed by atoms with E-state index in [-0.39, 0.29) is 6.04 Å². The van der Waals surface area contributed by atoms with Crippen LogP contribution in [0.15, 0.2) is 11.4 Å². The van der Waals surface area contributed by atoms with E-state index in [0.717, 1.165) is 32.5 Å². The Morgan fingerprint density at radius 3 is 3.24 bits per heavy atom. The zero-order valence-electron chi connectivity index (χ0n) is 10.1. The summed E-state index contributed by atoms with van der Waals surface area (Å²) in [7, 11) is 0. The average molecular weight is 250 g/mol. The van der Waals surface area contributed by atoms with E-state index in [9.17, 15) is 4.79 Å². The summed E-state index contributed by atoms with van der Waals surface area (Å²) in [5.41, 5.74) is 1.35. The topological polar surface area (TPSA) is 32.3 Å².